The summed E-state index contributed by atoms with van der Waals surface area (Å²) in [4.78, 5) is 10.4. The predicted molar refractivity (Wildman–Crippen MR) is 53.9 cm³/mol. The second-order valence-electron chi connectivity index (χ2n) is 3.76. The molecular weight excluding hydrogens is 176 g/mol. The zero-order chi connectivity index (χ0) is 10.0. The molecule has 1 fully saturated rings. The molecule has 0 N–H and O–H groups in total. The van der Waals surface area contributed by atoms with Crippen molar-refractivity contribution in [2.45, 2.75) is 18.4 Å². The summed E-state index contributed by atoms with van der Waals surface area (Å²) in [5, 5.41) is 0. The fourth-order valence-corrected chi connectivity index (χ4v) is 2.14. The third kappa shape index (κ3) is 1.36. The Kier molecular flexibility index (Phi) is 2.38. The second kappa shape index (κ2) is 3.54. The molecule has 2 heteroatoms. The number of ether oxygens (including phenoxy) is 1. The van der Waals surface area contributed by atoms with Crippen molar-refractivity contribution in [3.8, 4) is 0 Å². The van der Waals surface area contributed by atoms with Gasteiger partial charge in [-0.3, -0.25) is 0 Å². The smallest absolute Gasteiger partial charge is 0.120 e. The quantitative estimate of drug-likeness (QED) is 0.680. The summed E-state index contributed by atoms with van der Waals surface area (Å²) in [6, 6.07) is 10.1. The third-order valence-corrected chi connectivity index (χ3v) is 3.06. The van der Waals surface area contributed by atoms with E-state index in [-0.39, 0.29) is 5.60 Å². The molecule has 0 bridgehead atoms. The third-order valence-electron chi connectivity index (χ3n) is 3.06. The highest BCUT2D eigenvalue weighted by molar-refractivity contribution is 5.52. The van der Waals surface area contributed by atoms with Gasteiger partial charge in [0.2, 0.25) is 0 Å². The number of benzene rings is 1. The molecule has 1 aliphatic rings. The standard InChI is InChI=1S/C12H14O2/c1-14-12(9-11(12)7-8-13)10-5-3-2-4-6-10/h2-6,8,11H,7,9H2,1H3/t11-,12+/m1/s1. The summed E-state index contributed by atoms with van der Waals surface area (Å²) in [5.41, 5.74) is 1.01. The number of carbonyl (C=O) groups is 1. The van der Waals surface area contributed by atoms with Gasteiger partial charge >= 0.3 is 0 Å². The highest BCUT2D eigenvalue weighted by atomic mass is 16.5. The summed E-state index contributed by atoms with van der Waals surface area (Å²) in [7, 11) is 1.72. The maximum atomic E-state index is 10.4. The molecule has 0 spiro atoms. The van der Waals surface area contributed by atoms with Crippen LogP contribution in [0.3, 0.4) is 0 Å². The Hall–Kier alpha value is -1.15. The van der Waals surface area contributed by atoms with Crippen LogP contribution in [0.15, 0.2) is 30.3 Å². The Morgan fingerprint density at radius 2 is 2.21 bits per heavy atom. The number of rotatable bonds is 4. The lowest BCUT2D eigenvalue weighted by atomic mass is 10.0. The summed E-state index contributed by atoms with van der Waals surface area (Å²) in [5.74, 6) is 0.368. The number of carbonyl (C=O) groups excluding carboxylic acids is 1. The Morgan fingerprint density at radius 3 is 2.79 bits per heavy atom. The fourth-order valence-electron chi connectivity index (χ4n) is 2.14. The van der Waals surface area contributed by atoms with Crippen LogP contribution in [-0.4, -0.2) is 13.4 Å². The van der Waals surface area contributed by atoms with E-state index in [1.165, 1.54) is 5.56 Å². The minimum Gasteiger partial charge on any atom is -0.373 e. The van der Waals surface area contributed by atoms with E-state index in [9.17, 15) is 4.79 Å². The minimum atomic E-state index is -0.178. The van der Waals surface area contributed by atoms with Crippen LogP contribution >= 0.6 is 0 Å². The first-order valence-corrected chi connectivity index (χ1v) is 4.88. The van der Waals surface area contributed by atoms with E-state index in [0.717, 1.165) is 12.7 Å². The maximum absolute atomic E-state index is 10.4. The van der Waals surface area contributed by atoms with Crippen molar-refractivity contribution in [1.82, 2.24) is 0 Å². The molecule has 0 heterocycles. The van der Waals surface area contributed by atoms with Crippen molar-refractivity contribution in [3.63, 3.8) is 0 Å². The predicted octanol–water partition coefficient (Wildman–Crippen LogP) is 2.14. The molecule has 14 heavy (non-hydrogen) atoms. The van der Waals surface area contributed by atoms with Gasteiger partial charge in [0.25, 0.3) is 0 Å². The van der Waals surface area contributed by atoms with Crippen LogP contribution in [-0.2, 0) is 15.1 Å². The van der Waals surface area contributed by atoms with E-state index in [1.807, 2.05) is 18.2 Å². The summed E-state index contributed by atoms with van der Waals surface area (Å²) >= 11 is 0. The van der Waals surface area contributed by atoms with Gasteiger partial charge in [-0.2, -0.15) is 0 Å². The molecule has 0 radical (unpaired) electrons. The van der Waals surface area contributed by atoms with Gasteiger partial charge in [0.1, 0.15) is 6.29 Å². The molecule has 0 amide bonds. The van der Waals surface area contributed by atoms with Crippen LogP contribution in [0, 0.1) is 5.92 Å². The second-order valence-corrected chi connectivity index (χ2v) is 3.76. The van der Waals surface area contributed by atoms with E-state index >= 15 is 0 Å². The Balaban J connectivity index is 2.20. The molecular formula is C12H14O2. The van der Waals surface area contributed by atoms with Crippen LogP contribution in [0.25, 0.3) is 0 Å². The van der Waals surface area contributed by atoms with E-state index in [1.54, 1.807) is 7.11 Å². The molecule has 1 aromatic rings. The van der Waals surface area contributed by atoms with Gasteiger partial charge in [0.15, 0.2) is 0 Å². The topological polar surface area (TPSA) is 26.3 Å². The average molecular weight is 190 g/mol. The van der Waals surface area contributed by atoms with Crippen LogP contribution in [0.5, 0.6) is 0 Å². The van der Waals surface area contributed by atoms with E-state index in [2.05, 4.69) is 12.1 Å². The van der Waals surface area contributed by atoms with Crippen LogP contribution in [0.1, 0.15) is 18.4 Å². The summed E-state index contributed by atoms with van der Waals surface area (Å²) in [6.07, 6.45) is 2.55. The Labute approximate surface area is 83.9 Å². The highest BCUT2D eigenvalue weighted by Crippen LogP contribution is 2.56. The van der Waals surface area contributed by atoms with Crippen molar-refractivity contribution in [3.05, 3.63) is 35.9 Å². The van der Waals surface area contributed by atoms with Crippen molar-refractivity contribution < 1.29 is 9.53 Å². The zero-order valence-corrected chi connectivity index (χ0v) is 8.27. The van der Waals surface area contributed by atoms with Crippen molar-refractivity contribution in [1.29, 1.82) is 0 Å². The normalized spacial score (nSPS) is 29.9. The van der Waals surface area contributed by atoms with Gasteiger partial charge in [0, 0.05) is 19.4 Å². The molecule has 0 aromatic heterocycles. The van der Waals surface area contributed by atoms with Gasteiger partial charge in [-0.1, -0.05) is 30.3 Å². The number of aldehydes is 1. The molecule has 1 saturated carbocycles. The van der Waals surface area contributed by atoms with Crippen molar-refractivity contribution in [2.75, 3.05) is 7.11 Å². The SMILES string of the molecule is CO[C@]1(c2ccccc2)C[C@H]1CC=O. The minimum absolute atomic E-state index is 0.178. The van der Waals surface area contributed by atoms with Crippen molar-refractivity contribution >= 4 is 6.29 Å². The number of hydrogen-bond donors (Lipinski definition) is 0. The molecule has 2 atom stereocenters. The lowest BCUT2D eigenvalue weighted by molar-refractivity contribution is -0.108. The summed E-state index contributed by atoms with van der Waals surface area (Å²) in [6.45, 7) is 0. The molecule has 1 aliphatic carbocycles. The first-order chi connectivity index (χ1) is 6.83. The molecule has 2 rings (SSSR count). The Bertz CT molecular complexity index is 320. The van der Waals surface area contributed by atoms with Gasteiger partial charge in [-0.05, 0) is 12.0 Å². The first-order valence-electron chi connectivity index (χ1n) is 4.88. The lowest BCUT2D eigenvalue weighted by Gasteiger charge is -2.15. The summed E-state index contributed by atoms with van der Waals surface area (Å²) < 4.78 is 5.54. The molecule has 0 aliphatic heterocycles. The van der Waals surface area contributed by atoms with E-state index < -0.39 is 0 Å². The zero-order valence-electron chi connectivity index (χ0n) is 8.27. The first kappa shape index (κ1) is 9.41. The largest absolute Gasteiger partial charge is 0.373 e. The molecule has 0 saturated heterocycles. The monoisotopic (exact) mass is 190 g/mol. The fraction of sp³-hybridized carbons (Fsp3) is 0.417. The van der Waals surface area contributed by atoms with Crippen molar-refractivity contribution in [2.24, 2.45) is 5.92 Å². The van der Waals surface area contributed by atoms with Crippen LogP contribution < -0.4 is 0 Å². The molecule has 2 nitrogen and oxygen atoms in total. The number of methoxy groups -OCH3 is 1. The lowest BCUT2D eigenvalue weighted by Crippen LogP contribution is -2.12. The van der Waals surface area contributed by atoms with Gasteiger partial charge in [-0.25, -0.2) is 0 Å². The number of hydrogen-bond acceptors (Lipinski definition) is 2. The Morgan fingerprint density at radius 1 is 1.50 bits per heavy atom. The van der Waals surface area contributed by atoms with Gasteiger partial charge < -0.3 is 9.53 Å². The van der Waals surface area contributed by atoms with Gasteiger partial charge in [-0.15, -0.1) is 0 Å². The van der Waals surface area contributed by atoms with Crippen LogP contribution in [0.4, 0.5) is 0 Å². The maximum Gasteiger partial charge on any atom is 0.120 e. The van der Waals surface area contributed by atoms with Gasteiger partial charge in [0.05, 0.1) is 5.60 Å². The molecule has 1 aromatic carbocycles. The molecule has 74 valence electrons. The van der Waals surface area contributed by atoms with E-state index in [0.29, 0.717) is 12.3 Å². The highest BCUT2D eigenvalue weighted by Gasteiger charge is 2.55. The average Bonchev–Trinajstić information content (AvgIpc) is 2.95. The van der Waals surface area contributed by atoms with E-state index in [4.69, 9.17) is 4.74 Å². The molecule has 0 unspecified atom stereocenters. The van der Waals surface area contributed by atoms with Crippen LogP contribution in [0.2, 0.25) is 0 Å².